The van der Waals surface area contributed by atoms with Gasteiger partial charge in [-0.3, -0.25) is 0 Å². The second-order valence-electron chi connectivity index (χ2n) is 5.27. The fraction of sp³-hybridized carbons (Fsp3) is 0.692. The Labute approximate surface area is 114 Å². The summed E-state index contributed by atoms with van der Waals surface area (Å²) in [6.45, 7) is 4.93. The first-order valence-corrected chi connectivity index (χ1v) is 8.07. The van der Waals surface area contributed by atoms with Crippen molar-refractivity contribution in [1.29, 1.82) is 0 Å². The molecule has 1 aliphatic carbocycles. The number of rotatable bonds is 5. The van der Waals surface area contributed by atoms with Gasteiger partial charge >= 0.3 is 0 Å². The van der Waals surface area contributed by atoms with Crippen LogP contribution in [0.1, 0.15) is 49.7 Å². The van der Waals surface area contributed by atoms with Gasteiger partial charge < -0.3 is 9.52 Å². The lowest BCUT2D eigenvalue weighted by atomic mass is 9.76. The lowest BCUT2D eigenvalue weighted by Crippen LogP contribution is -2.52. The summed E-state index contributed by atoms with van der Waals surface area (Å²) in [4.78, 5) is 0.104. The lowest BCUT2D eigenvalue weighted by Gasteiger charge is -2.41. The molecular weight excluding hydrogens is 266 g/mol. The molecule has 0 aliphatic heterocycles. The van der Waals surface area contributed by atoms with E-state index in [2.05, 4.69) is 4.72 Å². The van der Waals surface area contributed by atoms with Gasteiger partial charge in [-0.05, 0) is 39.5 Å². The Bertz CT molecular complexity index is 564. The van der Waals surface area contributed by atoms with Gasteiger partial charge in [0.2, 0.25) is 10.0 Å². The fourth-order valence-electron chi connectivity index (χ4n) is 2.71. The quantitative estimate of drug-likeness (QED) is 0.868. The van der Waals surface area contributed by atoms with Crippen molar-refractivity contribution < 1.29 is 17.9 Å². The van der Waals surface area contributed by atoms with Crippen LogP contribution in [-0.2, 0) is 16.6 Å². The molecule has 6 heteroatoms. The summed E-state index contributed by atoms with van der Waals surface area (Å²) in [5, 5.41) is 9.35. The molecule has 1 aromatic rings. The Hall–Kier alpha value is -0.850. The van der Waals surface area contributed by atoms with Crippen molar-refractivity contribution in [2.45, 2.75) is 63.5 Å². The van der Waals surface area contributed by atoms with Crippen LogP contribution in [0.5, 0.6) is 0 Å². The predicted molar refractivity (Wildman–Crippen MR) is 71.3 cm³/mol. The average Bonchev–Trinajstić information content (AvgIpc) is 2.58. The van der Waals surface area contributed by atoms with Gasteiger partial charge in [0, 0.05) is 11.1 Å². The summed E-state index contributed by atoms with van der Waals surface area (Å²) in [6, 6.07) is 0. The number of hydrogen-bond donors (Lipinski definition) is 2. The van der Waals surface area contributed by atoms with Gasteiger partial charge in [0.25, 0.3) is 0 Å². The van der Waals surface area contributed by atoms with Gasteiger partial charge in [0.1, 0.15) is 16.4 Å². The molecule has 108 valence electrons. The summed E-state index contributed by atoms with van der Waals surface area (Å²) < 4.78 is 33.2. The van der Waals surface area contributed by atoms with Gasteiger partial charge in [0.05, 0.1) is 6.61 Å². The van der Waals surface area contributed by atoms with Gasteiger partial charge in [-0.1, -0.05) is 6.92 Å². The monoisotopic (exact) mass is 287 g/mol. The molecule has 0 spiro atoms. The Morgan fingerprint density at radius 3 is 2.37 bits per heavy atom. The van der Waals surface area contributed by atoms with E-state index in [-0.39, 0.29) is 17.0 Å². The number of aliphatic hydroxyl groups is 1. The zero-order valence-electron chi connectivity index (χ0n) is 11.6. The van der Waals surface area contributed by atoms with E-state index in [4.69, 9.17) is 4.42 Å². The van der Waals surface area contributed by atoms with Crippen LogP contribution in [0.3, 0.4) is 0 Å². The molecule has 0 atom stereocenters. The Balaban J connectivity index is 2.40. The zero-order valence-corrected chi connectivity index (χ0v) is 12.4. The van der Waals surface area contributed by atoms with E-state index in [9.17, 15) is 13.5 Å². The largest absolute Gasteiger partial charge is 0.465 e. The first kappa shape index (κ1) is 14.6. The SMILES string of the molecule is CCC1(NS(=O)(=O)c2c(C)oc(C)c2CO)CCC1. The second kappa shape index (κ2) is 4.92. The highest BCUT2D eigenvalue weighted by Gasteiger charge is 2.40. The van der Waals surface area contributed by atoms with Gasteiger partial charge in [-0.15, -0.1) is 0 Å². The third-order valence-corrected chi connectivity index (χ3v) is 5.86. The summed E-state index contributed by atoms with van der Waals surface area (Å²) in [7, 11) is -3.65. The summed E-state index contributed by atoms with van der Waals surface area (Å²) in [5.41, 5.74) is 0.0407. The van der Waals surface area contributed by atoms with Gasteiger partial charge in [-0.25, -0.2) is 13.1 Å². The number of hydrogen-bond acceptors (Lipinski definition) is 4. The van der Waals surface area contributed by atoms with E-state index < -0.39 is 10.0 Å². The number of sulfonamides is 1. The molecule has 0 aromatic carbocycles. The first-order chi connectivity index (χ1) is 8.85. The minimum absolute atomic E-state index is 0.104. The molecule has 1 aliphatic rings. The summed E-state index contributed by atoms with van der Waals surface area (Å²) in [5.74, 6) is 0.791. The molecule has 0 amide bonds. The maximum atomic E-state index is 12.5. The maximum Gasteiger partial charge on any atom is 0.244 e. The second-order valence-corrected chi connectivity index (χ2v) is 6.89. The molecule has 1 fully saturated rings. The van der Waals surface area contributed by atoms with Gasteiger partial charge in [0.15, 0.2) is 0 Å². The van der Waals surface area contributed by atoms with Crippen LogP contribution in [0, 0.1) is 13.8 Å². The number of furan rings is 1. The molecule has 0 saturated heterocycles. The molecular formula is C13H21NO4S. The van der Waals surface area contributed by atoms with Crippen LogP contribution in [0.4, 0.5) is 0 Å². The zero-order chi connectivity index (χ0) is 14.3. The van der Waals surface area contributed by atoms with Crippen molar-refractivity contribution >= 4 is 10.0 Å². The highest BCUT2D eigenvalue weighted by Crippen LogP contribution is 2.37. The van der Waals surface area contributed by atoms with Crippen molar-refractivity contribution in [3.63, 3.8) is 0 Å². The minimum Gasteiger partial charge on any atom is -0.465 e. The molecule has 0 unspecified atom stereocenters. The lowest BCUT2D eigenvalue weighted by molar-refractivity contribution is 0.213. The Kier molecular flexibility index (Phi) is 3.77. The Morgan fingerprint density at radius 1 is 1.32 bits per heavy atom. The first-order valence-electron chi connectivity index (χ1n) is 6.59. The van der Waals surface area contributed by atoms with Crippen LogP contribution in [0.25, 0.3) is 0 Å². The summed E-state index contributed by atoms with van der Waals surface area (Å²) in [6.07, 6.45) is 3.56. The maximum absolute atomic E-state index is 12.5. The minimum atomic E-state index is -3.65. The van der Waals surface area contributed by atoms with Crippen LogP contribution >= 0.6 is 0 Å². The normalized spacial score (nSPS) is 18.3. The average molecular weight is 287 g/mol. The number of aryl methyl sites for hydroxylation is 2. The molecule has 19 heavy (non-hydrogen) atoms. The molecule has 2 rings (SSSR count). The molecule has 1 saturated carbocycles. The Morgan fingerprint density at radius 2 is 1.95 bits per heavy atom. The van der Waals surface area contributed by atoms with Crippen LogP contribution < -0.4 is 4.72 Å². The smallest absolute Gasteiger partial charge is 0.244 e. The van der Waals surface area contributed by atoms with Crippen molar-refractivity contribution in [2.24, 2.45) is 0 Å². The molecule has 0 radical (unpaired) electrons. The number of nitrogens with one attached hydrogen (secondary N) is 1. The van der Waals surface area contributed by atoms with E-state index in [0.717, 1.165) is 25.7 Å². The van der Waals surface area contributed by atoms with Crippen LogP contribution in [0.15, 0.2) is 9.31 Å². The van der Waals surface area contributed by atoms with Crippen molar-refractivity contribution in [3.05, 3.63) is 17.1 Å². The molecule has 2 N–H and O–H groups in total. The van der Waals surface area contributed by atoms with Crippen molar-refractivity contribution in [3.8, 4) is 0 Å². The molecule has 0 bridgehead atoms. The van der Waals surface area contributed by atoms with Crippen LogP contribution in [-0.4, -0.2) is 19.1 Å². The van der Waals surface area contributed by atoms with Gasteiger partial charge in [-0.2, -0.15) is 0 Å². The molecule has 5 nitrogen and oxygen atoms in total. The third kappa shape index (κ3) is 2.44. The highest BCUT2D eigenvalue weighted by molar-refractivity contribution is 7.89. The van der Waals surface area contributed by atoms with E-state index in [0.29, 0.717) is 17.1 Å². The highest BCUT2D eigenvalue weighted by atomic mass is 32.2. The van der Waals surface area contributed by atoms with Crippen molar-refractivity contribution in [1.82, 2.24) is 4.72 Å². The summed E-state index contributed by atoms with van der Waals surface area (Å²) >= 11 is 0. The number of aliphatic hydroxyl groups excluding tert-OH is 1. The molecule has 1 aromatic heterocycles. The van der Waals surface area contributed by atoms with E-state index in [1.807, 2.05) is 6.92 Å². The van der Waals surface area contributed by atoms with E-state index >= 15 is 0 Å². The predicted octanol–water partition coefficient (Wildman–Crippen LogP) is 2.00. The molecule has 1 heterocycles. The fourth-order valence-corrected chi connectivity index (χ4v) is 4.69. The van der Waals surface area contributed by atoms with E-state index in [1.165, 1.54) is 0 Å². The standard InChI is InChI=1S/C13H21NO4S/c1-4-13(6-5-7-13)14-19(16,17)12-10(3)18-9(2)11(12)8-15/h14-15H,4-8H2,1-3H3. The van der Waals surface area contributed by atoms with Crippen LogP contribution in [0.2, 0.25) is 0 Å². The third-order valence-electron chi connectivity index (χ3n) is 4.09. The van der Waals surface area contributed by atoms with E-state index in [1.54, 1.807) is 13.8 Å². The topological polar surface area (TPSA) is 79.5 Å². The van der Waals surface area contributed by atoms with Crippen molar-refractivity contribution in [2.75, 3.05) is 0 Å².